The molecule has 1 atom stereocenters. The van der Waals surface area contributed by atoms with E-state index >= 15 is 0 Å². The van der Waals surface area contributed by atoms with Crippen molar-refractivity contribution in [2.45, 2.75) is 19.4 Å². The number of hydrogen-bond acceptors (Lipinski definition) is 3. The highest BCUT2D eigenvalue weighted by Crippen LogP contribution is 2.24. The largest absolute Gasteiger partial charge is 0.373 e. The molecule has 0 radical (unpaired) electrons. The molecule has 2 nitrogen and oxygen atoms in total. The molecule has 0 spiro atoms. The highest BCUT2D eigenvalue weighted by Gasteiger charge is 2.21. The molecule has 1 heterocycles. The Bertz CT molecular complexity index is 295. The smallest absolute Gasteiger partial charge is 0.158 e. The van der Waals surface area contributed by atoms with Crippen LogP contribution in [-0.4, -0.2) is 10.1 Å². The third-order valence-corrected chi connectivity index (χ3v) is 2.51. The molecule has 1 aromatic heterocycles. The first-order valence-electron chi connectivity index (χ1n) is 3.19. The van der Waals surface area contributed by atoms with Gasteiger partial charge in [-0.05, 0) is 13.8 Å². The molecule has 0 saturated heterocycles. The van der Waals surface area contributed by atoms with E-state index in [0.29, 0.717) is 0 Å². The fraction of sp³-hybridized carbons (Fsp3) is 0.375. The SMILES string of the molecule is C#CC(C)(O)c1cnc(C)s1. The maximum absolute atomic E-state index is 9.54. The molecule has 58 valence electrons. The number of hydrogen-bond donors (Lipinski definition) is 1. The number of thiazole rings is 1. The number of aryl methyl sites for hydroxylation is 1. The molecule has 3 heteroatoms. The first kappa shape index (κ1) is 8.25. The van der Waals surface area contributed by atoms with Crippen LogP contribution in [0.3, 0.4) is 0 Å². The molecule has 0 aliphatic rings. The molecular formula is C8H9NOS. The van der Waals surface area contributed by atoms with Crippen LogP contribution in [0.1, 0.15) is 16.8 Å². The first-order valence-corrected chi connectivity index (χ1v) is 4.01. The molecule has 0 fully saturated rings. The summed E-state index contributed by atoms with van der Waals surface area (Å²) in [7, 11) is 0. The van der Waals surface area contributed by atoms with Gasteiger partial charge in [-0.3, -0.25) is 0 Å². The van der Waals surface area contributed by atoms with Gasteiger partial charge in [0.15, 0.2) is 5.60 Å². The summed E-state index contributed by atoms with van der Waals surface area (Å²) in [5.41, 5.74) is -1.16. The lowest BCUT2D eigenvalue weighted by atomic mass is 10.1. The number of nitrogens with zero attached hydrogens (tertiary/aromatic N) is 1. The number of rotatable bonds is 1. The van der Waals surface area contributed by atoms with Crippen molar-refractivity contribution in [3.63, 3.8) is 0 Å². The van der Waals surface area contributed by atoms with E-state index in [-0.39, 0.29) is 0 Å². The highest BCUT2D eigenvalue weighted by molar-refractivity contribution is 7.11. The van der Waals surface area contributed by atoms with Crippen molar-refractivity contribution in [3.8, 4) is 12.3 Å². The van der Waals surface area contributed by atoms with E-state index < -0.39 is 5.60 Å². The van der Waals surface area contributed by atoms with Gasteiger partial charge in [-0.25, -0.2) is 4.98 Å². The van der Waals surface area contributed by atoms with Gasteiger partial charge in [0.1, 0.15) is 0 Å². The Labute approximate surface area is 69.9 Å². The number of aromatic nitrogens is 1. The second-order valence-corrected chi connectivity index (χ2v) is 3.69. The molecule has 0 aromatic carbocycles. The zero-order chi connectivity index (χ0) is 8.48. The maximum Gasteiger partial charge on any atom is 0.158 e. The van der Waals surface area contributed by atoms with Gasteiger partial charge in [0.05, 0.1) is 9.88 Å². The summed E-state index contributed by atoms with van der Waals surface area (Å²) in [6.07, 6.45) is 6.74. The molecule has 0 aliphatic carbocycles. The summed E-state index contributed by atoms with van der Waals surface area (Å²) in [5, 5.41) is 10.5. The van der Waals surface area contributed by atoms with Crippen LogP contribution in [0.5, 0.6) is 0 Å². The van der Waals surface area contributed by atoms with Gasteiger partial charge in [-0.2, -0.15) is 0 Å². The molecule has 1 N–H and O–H groups in total. The lowest BCUT2D eigenvalue weighted by Gasteiger charge is -2.11. The van der Waals surface area contributed by atoms with Crippen molar-refractivity contribution >= 4 is 11.3 Å². The van der Waals surface area contributed by atoms with Crippen LogP contribution in [0.2, 0.25) is 0 Å². The van der Waals surface area contributed by atoms with Crippen LogP contribution in [0.25, 0.3) is 0 Å². The molecule has 0 bridgehead atoms. The van der Waals surface area contributed by atoms with E-state index in [1.54, 1.807) is 13.1 Å². The minimum absolute atomic E-state index is 0.720. The Morgan fingerprint density at radius 3 is 2.82 bits per heavy atom. The van der Waals surface area contributed by atoms with Crippen molar-refractivity contribution in [2.24, 2.45) is 0 Å². The summed E-state index contributed by atoms with van der Waals surface area (Å²) < 4.78 is 0. The second kappa shape index (κ2) is 2.65. The lowest BCUT2D eigenvalue weighted by Crippen LogP contribution is -2.15. The van der Waals surface area contributed by atoms with Crippen molar-refractivity contribution in [3.05, 3.63) is 16.1 Å². The molecule has 1 rings (SSSR count). The number of terminal acetylenes is 1. The summed E-state index contributed by atoms with van der Waals surface area (Å²) in [4.78, 5) is 4.71. The van der Waals surface area contributed by atoms with E-state index in [0.717, 1.165) is 9.88 Å². The Morgan fingerprint density at radius 2 is 2.45 bits per heavy atom. The minimum Gasteiger partial charge on any atom is -0.373 e. The Morgan fingerprint density at radius 1 is 1.82 bits per heavy atom. The summed E-state index contributed by atoms with van der Waals surface area (Å²) in [5.74, 6) is 2.30. The average molecular weight is 167 g/mol. The fourth-order valence-corrected chi connectivity index (χ4v) is 1.44. The second-order valence-electron chi connectivity index (χ2n) is 2.46. The van der Waals surface area contributed by atoms with E-state index in [9.17, 15) is 5.11 Å². The van der Waals surface area contributed by atoms with Crippen molar-refractivity contribution in [2.75, 3.05) is 0 Å². The van der Waals surface area contributed by atoms with Gasteiger partial charge in [0, 0.05) is 6.20 Å². The van der Waals surface area contributed by atoms with Crippen LogP contribution in [-0.2, 0) is 5.60 Å². The predicted molar refractivity (Wildman–Crippen MR) is 45.3 cm³/mol. The average Bonchev–Trinajstić information content (AvgIpc) is 2.36. The van der Waals surface area contributed by atoms with Crippen LogP contribution < -0.4 is 0 Å². The standard InChI is InChI=1S/C8H9NOS/c1-4-8(3,10)7-5-9-6(2)11-7/h1,5,10H,2-3H3. The topological polar surface area (TPSA) is 33.1 Å². The number of aliphatic hydroxyl groups is 1. The van der Waals surface area contributed by atoms with Gasteiger partial charge in [-0.15, -0.1) is 17.8 Å². The van der Waals surface area contributed by atoms with Crippen LogP contribution >= 0.6 is 11.3 Å². The summed E-state index contributed by atoms with van der Waals surface area (Å²) in [6.45, 7) is 3.46. The van der Waals surface area contributed by atoms with E-state index in [4.69, 9.17) is 6.42 Å². The zero-order valence-electron chi connectivity index (χ0n) is 6.46. The van der Waals surface area contributed by atoms with E-state index in [2.05, 4.69) is 10.9 Å². The van der Waals surface area contributed by atoms with Gasteiger partial charge in [0.2, 0.25) is 0 Å². The van der Waals surface area contributed by atoms with Crippen molar-refractivity contribution in [1.29, 1.82) is 0 Å². The Hall–Kier alpha value is -0.850. The Balaban J connectivity index is 3.04. The quantitative estimate of drug-likeness (QED) is 0.639. The molecule has 11 heavy (non-hydrogen) atoms. The Kier molecular flexibility index (Phi) is 1.99. The van der Waals surface area contributed by atoms with Crippen molar-refractivity contribution < 1.29 is 5.11 Å². The van der Waals surface area contributed by atoms with Gasteiger partial charge in [-0.1, -0.05) is 5.92 Å². The molecule has 0 saturated carbocycles. The summed E-state index contributed by atoms with van der Waals surface area (Å²) >= 11 is 1.42. The normalized spacial score (nSPS) is 15.5. The predicted octanol–water partition coefficient (Wildman–Crippen LogP) is 1.29. The highest BCUT2D eigenvalue weighted by atomic mass is 32.1. The third kappa shape index (κ3) is 1.59. The molecule has 1 aromatic rings. The van der Waals surface area contributed by atoms with Crippen LogP contribution in [0.15, 0.2) is 6.20 Å². The van der Waals surface area contributed by atoms with Crippen molar-refractivity contribution in [1.82, 2.24) is 4.98 Å². The molecule has 1 unspecified atom stereocenters. The van der Waals surface area contributed by atoms with Gasteiger partial charge >= 0.3 is 0 Å². The zero-order valence-corrected chi connectivity index (χ0v) is 7.27. The van der Waals surface area contributed by atoms with E-state index in [1.165, 1.54) is 11.3 Å². The molecular weight excluding hydrogens is 158 g/mol. The fourth-order valence-electron chi connectivity index (χ4n) is 0.658. The minimum atomic E-state index is -1.16. The van der Waals surface area contributed by atoms with Gasteiger partial charge < -0.3 is 5.11 Å². The maximum atomic E-state index is 9.54. The lowest BCUT2D eigenvalue weighted by molar-refractivity contribution is 0.126. The van der Waals surface area contributed by atoms with Gasteiger partial charge in [0.25, 0.3) is 0 Å². The van der Waals surface area contributed by atoms with Crippen LogP contribution in [0, 0.1) is 19.3 Å². The van der Waals surface area contributed by atoms with Crippen LogP contribution in [0.4, 0.5) is 0 Å². The third-order valence-electron chi connectivity index (χ3n) is 1.38. The monoisotopic (exact) mass is 167 g/mol. The summed E-state index contributed by atoms with van der Waals surface area (Å²) in [6, 6.07) is 0. The van der Waals surface area contributed by atoms with E-state index in [1.807, 2.05) is 6.92 Å². The first-order chi connectivity index (χ1) is 5.06. The molecule has 0 amide bonds. The molecule has 0 aliphatic heterocycles.